The Kier molecular flexibility index (Phi) is 8.27. The smallest absolute Gasteiger partial charge is 0.330 e. The number of hydrogen-bond donors (Lipinski definition) is 2. The quantitative estimate of drug-likeness (QED) is 0.499. The van der Waals surface area contributed by atoms with Crippen LogP contribution in [0.4, 0.5) is 0 Å². The number of nitrogens with one attached hydrogen (secondary N) is 2. The van der Waals surface area contributed by atoms with Gasteiger partial charge in [-0.15, -0.1) is 0 Å². The first-order valence-electron chi connectivity index (χ1n) is 9.27. The fourth-order valence-electron chi connectivity index (χ4n) is 2.86. The number of rotatable bonds is 9. The van der Waals surface area contributed by atoms with Gasteiger partial charge in [-0.05, 0) is 43.5 Å². The van der Waals surface area contributed by atoms with Crippen LogP contribution >= 0.6 is 0 Å². The fraction of sp³-hybridized carbons (Fsp3) is 0.381. The second-order valence-corrected chi connectivity index (χ2v) is 6.35. The summed E-state index contributed by atoms with van der Waals surface area (Å²) in [5.41, 5.74) is 0.852. The van der Waals surface area contributed by atoms with Gasteiger partial charge in [-0.25, -0.2) is 4.79 Å². The van der Waals surface area contributed by atoms with Crippen molar-refractivity contribution in [2.75, 3.05) is 20.3 Å². The lowest BCUT2D eigenvalue weighted by Gasteiger charge is -2.17. The molecule has 1 aromatic rings. The van der Waals surface area contributed by atoms with E-state index in [9.17, 15) is 14.4 Å². The topological polar surface area (TPSA) is 93.7 Å². The molecule has 1 aromatic carbocycles. The molecule has 7 nitrogen and oxygen atoms in total. The largest absolute Gasteiger partial charge is 0.497 e. The van der Waals surface area contributed by atoms with Crippen molar-refractivity contribution in [1.82, 2.24) is 10.6 Å². The Balaban J connectivity index is 1.99. The van der Waals surface area contributed by atoms with Crippen LogP contribution in [0, 0.1) is 5.92 Å². The van der Waals surface area contributed by atoms with E-state index < -0.39 is 12.0 Å². The first-order chi connectivity index (χ1) is 13.5. The number of benzene rings is 1. The minimum atomic E-state index is -0.480. The van der Waals surface area contributed by atoms with Crippen LogP contribution in [0.3, 0.4) is 0 Å². The van der Waals surface area contributed by atoms with Crippen molar-refractivity contribution in [1.29, 1.82) is 0 Å². The highest BCUT2D eigenvalue weighted by Crippen LogP contribution is 2.17. The predicted octanol–water partition coefficient (Wildman–Crippen LogP) is 1.84. The number of hydrogen-bond acceptors (Lipinski definition) is 5. The highest BCUT2D eigenvalue weighted by molar-refractivity contribution is 5.92. The minimum Gasteiger partial charge on any atom is -0.497 e. The summed E-state index contributed by atoms with van der Waals surface area (Å²) in [6, 6.07) is 6.83. The molecule has 0 bridgehead atoms. The summed E-state index contributed by atoms with van der Waals surface area (Å²) in [7, 11) is 1.59. The SMILES string of the molecule is CCOC(=O)C=C[C@H](C[C@@H]1CCNC1=O)NC(=O)C=Cc1ccc(OC)cc1. The van der Waals surface area contributed by atoms with E-state index in [1.54, 1.807) is 38.3 Å². The summed E-state index contributed by atoms with van der Waals surface area (Å²) in [6.07, 6.45) is 7.09. The summed E-state index contributed by atoms with van der Waals surface area (Å²) >= 11 is 0. The van der Waals surface area contributed by atoms with Gasteiger partial charge in [0.1, 0.15) is 5.75 Å². The molecular weight excluding hydrogens is 360 g/mol. The summed E-state index contributed by atoms with van der Waals surface area (Å²) in [5.74, 6) is -0.278. The number of esters is 1. The molecule has 1 fully saturated rings. The molecule has 2 N–H and O–H groups in total. The average molecular weight is 386 g/mol. The van der Waals surface area contributed by atoms with E-state index in [0.717, 1.165) is 11.3 Å². The van der Waals surface area contributed by atoms with Crippen molar-refractivity contribution >= 4 is 23.9 Å². The van der Waals surface area contributed by atoms with Gasteiger partial charge in [0.2, 0.25) is 11.8 Å². The van der Waals surface area contributed by atoms with Gasteiger partial charge in [0.15, 0.2) is 0 Å². The minimum absolute atomic E-state index is 0.0300. The van der Waals surface area contributed by atoms with Crippen molar-refractivity contribution in [2.24, 2.45) is 5.92 Å². The first kappa shape index (κ1) is 21.2. The molecule has 2 amide bonds. The molecule has 0 unspecified atom stereocenters. The Labute approximate surface area is 164 Å². The Morgan fingerprint density at radius 2 is 2.04 bits per heavy atom. The molecule has 2 atom stereocenters. The van der Waals surface area contributed by atoms with Gasteiger partial charge in [0, 0.05) is 30.7 Å². The lowest BCUT2D eigenvalue weighted by molar-refractivity contribution is -0.137. The van der Waals surface area contributed by atoms with Crippen molar-refractivity contribution in [3.8, 4) is 5.75 Å². The van der Waals surface area contributed by atoms with E-state index in [2.05, 4.69) is 10.6 Å². The molecule has 150 valence electrons. The van der Waals surface area contributed by atoms with Crippen LogP contribution in [0.25, 0.3) is 6.08 Å². The van der Waals surface area contributed by atoms with Gasteiger partial charge in [0.25, 0.3) is 0 Å². The zero-order valence-electron chi connectivity index (χ0n) is 16.1. The molecule has 0 aromatic heterocycles. The van der Waals surface area contributed by atoms with Gasteiger partial charge in [0.05, 0.1) is 13.7 Å². The molecule has 1 heterocycles. The van der Waals surface area contributed by atoms with Crippen LogP contribution in [0.15, 0.2) is 42.5 Å². The maximum Gasteiger partial charge on any atom is 0.330 e. The van der Waals surface area contributed by atoms with E-state index >= 15 is 0 Å². The summed E-state index contributed by atoms with van der Waals surface area (Å²) in [6.45, 7) is 2.62. The number of carbonyl (C=O) groups is 3. The van der Waals surface area contributed by atoms with E-state index in [1.807, 2.05) is 12.1 Å². The van der Waals surface area contributed by atoms with Crippen molar-refractivity contribution in [3.63, 3.8) is 0 Å². The third kappa shape index (κ3) is 6.90. The second kappa shape index (κ2) is 10.9. The summed E-state index contributed by atoms with van der Waals surface area (Å²) in [5, 5.41) is 5.61. The van der Waals surface area contributed by atoms with Gasteiger partial charge in [-0.2, -0.15) is 0 Å². The van der Waals surface area contributed by atoms with Crippen molar-refractivity contribution < 1.29 is 23.9 Å². The van der Waals surface area contributed by atoms with Crippen molar-refractivity contribution in [3.05, 3.63) is 48.1 Å². The second-order valence-electron chi connectivity index (χ2n) is 6.35. The van der Waals surface area contributed by atoms with Gasteiger partial charge < -0.3 is 20.1 Å². The summed E-state index contributed by atoms with van der Waals surface area (Å²) in [4.78, 5) is 35.7. The van der Waals surface area contributed by atoms with Crippen LogP contribution in [-0.4, -0.2) is 44.1 Å². The fourth-order valence-corrected chi connectivity index (χ4v) is 2.86. The molecule has 1 saturated heterocycles. The molecule has 0 radical (unpaired) electrons. The zero-order chi connectivity index (χ0) is 20.4. The number of ether oxygens (including phenoxy) is 2. The van der Waals surface area contributed by atoms with Crippen LogP contribution in [0.5, 0.6) is 5.75 Å². The Morgan fingerprint density at radius 3 is 2.64 bits per heavy atom. The predicted molar refractivity (Wildman–Crippen MR) is 105 cm³/mol. The molecule has 2 rings (SSSR count). The third-order valence-corrected chi connectivity index (χ3v) is 4.32. The normalized spacial score (nSPS) is 17.5. The van der Waals surface area contributed by atoms with Gasteiger partial charge in [-0.3, -0.25) is 9.59 Å². The van der Waals surface area contributed by atoms with Crippen LogP contribution < -0.4 is 15.4 Å². The molecule has 7 heteroatoms. The lowest BCUT2D eigenvalue weighted by Crippen LogP contribution is -2.35. The van der Waals surface area contributed by atoms with E-state index in [4.69, 9.17) is 9.47 Å². The monoisotopic (exact) mass is 386 g/mol. The molecule has 0 aliphatic carbocycles. The molecule has 1 aliphatic heterocycles. The molecule has 28 heavy (non-hydrogen) atoms. The van der Waals surface area contributed by atoms with Gasteiger partial charge in [-0.1, -0.05) is 18.2 Å². The maximum absolute atomic E-state index is 12.3. The highest BCUT2D eigenvalue weighted by atomic mass is 16.5. The highest BCUT2D eigenvalue weighted by Gasteiger charge is 2.26. The molecular formula is C21H26N2O5. The van der Waals surface area contributed by atoms with Crippen molar-refractivity contribution in [2.45, 2.75) is 25.8 Å². The van der Waals surface area contributed by atoms with E-state index in [-0.39, 0.29) is 24.3 Å². The zero-order valence-corrected chi connectivity index (χ0v) is 16.1. The summed E-state index contributed by atoms with van der Waals surface area (Å²) < 4.78 is 9.97. The van der Waals surface area contributed by atoms with Crippen LogP contribution in [-0.2, 0) is 19.1 Å². The third-order valence-electron chi connectivity index (χ3n) is 4.32. The average Bonchev–Trinajstić information content (AvgIpc) is 3.09. The number of methoxy groups -OCH3 is 1. The molecule has 0 saturated carbocycles. The van der Waals surface area contributed by atoms with Crippen LogP contribution in [0.2, 0.25) is 0 Å². The maximum atomic E-state index is 12.3. The molecule has 0 spiro atoms. The Morgan fingerprint density at radius 1 is 1.29 bits per heavy atom. The molecule has 1 aliphatic rings. The van der Waals surface area contributed by atoms with Gasteiger partial charge >= 0.3 is 5.97 Å². The van der Waals surface area contributed by atoms with E-state index in [1.165, 1.54) is 12.2 Å². The lowest BCUT2D eigenvalue weighted by atomic mass is 9.98. The number of amides is 2. The van der Waals surface area contributed by atoms with Crippen LogP contribution in [0.1, 0.15) is 25.3 Å². The standard InChI is InChI=1S/C21H26N2O5/c1-3-28-20(25)11-7-17(14-16-12-13-22-21(16)26)23-19(24)10-6-15-4-8-18(27-2)9-5-15/h4-11,16-17H,3,12-14H2,1-2H3,(H,22,26)(H,23,24)/t16-,17+/m0/s1. The Hall–Kier alpha value is -3.09. The Bertz CT molecular complexity index is 740. The van der Waals surface area contributed by atoms with E-state index in [0.29, 0.717) is 19.4 Å². The first-order valence-corrected chi connectivity index (χ1v) is 9.27. The number of carbonyl (C=O) groups excluding carboxylic acids is 3.